The van der Waals surface area contributed by atoms with Crippen LogP contribution in [0, 0.1) is 5.82 Å². The van der Waals surface area contributed by atoms with E-state index in [9.17, 15) is 14.0 Å². The molecule has 4 aromatic carbocycles. The molecule has 8 heteroatoms. The number of anilines is 1. The number of rotatable bonds is 6. The second-order valence-electron chi connectivity index (χ2n) is 9.06. The maximum absolute atomic E-state index is 14.1. The summed E-state index contributed by atoms with van der Waals surface area (Å²) >= 11 is 3.47. The second kappa shape index (κ2) is 10.0. The van der Waals surface area contributed by atoms with Crippen LogP contribution in [-0.4, -0.2) is 13.0 Å². The Kier molecular flexibility index (Phi) is 6.40. The molecule has 5 aromatic rings. The van der Waals surface area contributed by atoms with Gasteiger partial charge in [0.15, 0.2) is 16.9 Å². The van der Waals surface area contributed by atoms with Crippen LogP contribution in [0.2, 0.25) is 0 Å². The van der Waals surface area contributed by atoms with Crippen molar-refractivity contribution in [2.24, 2.45) is 0 Å². The van der Waals surface area contributed by atoms with Gasteiger partial charge in [-0.3, -0.25) is 14.5 Å². The number of methoxy groups -OCH3 is 1. The topological polar surface area (TPSA) is 69.0 Å². The maximum atomic E-state index is 14.1. The Hall–Kier alpha value is -4.43. The minimum absolute atomic E-state index is 0.0671. The lowest BCUT2D eigenvalue weighted by molar-refractivity contribution is 0.0971. The third kappa shape index (κ3) is 4.46. The number of fused-ring (bicyclic) bond motifs is 2. The molecule has 0 bridgehead atoms. The van der Waals surface area contributed by atoms with E-state index in [-0.39, 0.29) is 22.3 Å². The largest absolute Gasteiger partial charge is 0.493 e. The molecule has 0 fully saturated rings. The van der Waals surface area contributed by atoms with Gasteiger partial charge in [0.05, 0.1) is 24.1 Å². The molecule has 0 spiro atoms. The van der Waals surface area contributed by atoms with E-state index in [1.54, 1.807) is 36.4 Å². The molecular formula is C31H21BrFNO5. The van der Waals surface area contributed by atoms with Gasteiger partial charge in [0.25, 0.3) is 5.91 Å². The van der Waals surface area contributed by atoms with E-state index in [0.717, 1.165) is 16.1 Å². The second-order valence-corrected chi connectivity index (χ2v) is 9.97. The van der Waals surface area contributed by atoms with E-state index in [2.05, 4.69) is 15.9 Å². The quantitative estimate of drug-likeness (QED) is 0.214. The fourth-order valence-electron chi connectivity index (χ4n) is 4.86. The van der Waals surface area contributed by atoms with Crippen LogP contribution < -0.4 is 19.8 Å². The van der Waals surface area contributed by atoms with Crippen molar-refractivity contribution in [3.05, 3.63) is 134 Å². The molecule has 0 N–H and O–H groups in total. The Balaban J connectivity index is 1.50. The molecule has 6 nitrogen and oxygen atoms in total. The Morgan fingerprint density at radius 2 is 1.74 bits per heavy atom. The minimum Gasteiger partial charge on any atom is -0.493 e. The van der Waals surface area contributed by atoms with Crippen LogP contribution in [0.3, 0.4) is 0 Å². The highest BCUT2D eigenvalue weighted by Gasteiger charge is 2.44. The van der Waals surface area contributed by atoms with Gasteiger partial charge in [0.2, 0.25) is 5.76 Å². The number of hydrogen-bond donors (Lipinski definition) is 0. The van der Waals surface area contributed by atoms with E-state index in [1.165, 1.54) is 24.1 Å². The van der Waals surface area contributed by atoms with Crippen molar-refractivity contribution >= 4 is 38.5 Å². The zero-order valence-electron chi connectivity index (χ0n) is 20.7. The lowest BCUT2D eigenvalue weighted by atomic mass is 9.97. The van der Waals surface area contributed by atoms with E-state index in [4.69, 9.17) is 13.9 Å². The van der Waals surface area contributed by atoms with Crippen molar-refractivity contribution in [1.82, 2.24) is 0 Å². The monoisotopic (exact) mass is 585 g/mol. The minimum atomic E-state index is -0.845. The predicted molar refractivity (Wildman–Crippen MR) is 149 cm³/mol. The fourth-order valence-corrected chi connectivity index (χ4v) is 5.25. The highest BCUT2D eigenvalue weighted by atomic mass is 79.9. The summed E-state index contributed by atoms with van der Waals surface area (Å²) in [6, 6.07) is 25.1. The first-order valence-electron chi connectivity index (χ1n) is 12.1. The van der Waals surface area contributed by atoms with Crippen molar-refractivity contribution in [3.8, 4) is 11.5 Å². The summed E-state index contributed by atoms with van der Waals surface area (Å²) in [4.78, 5) is 29.0. The predicted octanol–water partition coefficient (Wildman–Crippen LogP) is 7.03. The third-order valence-corrected chi connectivity index (χ3v) is 7.15. The lowest BCUT2D eigenvalue weighted by Crippen LogP contribution is -2.29. The van der Waals surface area contributed by atoms with Gasteiger partial charge >= 0.3 is 0 Å². The third-order valence-electron chi connectivity index (χ3n) is 6.66. The Morgan fingerprint density at radius 3 is 2.51 bits per heavy atom. The van der Waals surface area contributed by atoms with Gasteiger partial charge in [0.1, 0.15) is 18.0 Å². The van der Waals surface area contributed by atoms with Crippen LogP contribution in [-0.2, 0) is 6.61 Å². The number of nitrogens with zero attached hydrogens (tertiary/aromatic N) is 1. The average molecular weight is 586 g/mol. The normalized spacial score (nSPS) is 14.5. The van der Waals surface area contributed by atoms with Gasteiger partial charge in [-0.25, -0.2) is 4.39 Å². The number of amides is 1. The molecule has 39 heavy (non-hydrogen) atoms. The number of carbonyl (C=O) groups is 1. The number of carbonyl (C=O) groups excluding carboxylic acids is 1. The van der Waals surface area contributed by atoms with Crippen LogP contribution in [0.5, 0.6) is 11.5 Å². The Bertz CT molecular complexity index is 1790. The fraction of sp³-hybridized carbons (Fsp3) is 0.0968. The van der Waals surface area contributed by atoms with Crippen molar-refractivity contribution < 1.29 is 23.1 Å². The van der Waals surface area contributed by atoms with E-state index >= 15 is 0 Å². The van der Waals surface area contributed by atoms with Gasteiger partial charge in [-0.05, 0) is 59.7 Å². The summed E-state index contributed by atoms with van der Waals surface area (Å²) in [6.45, 7) is 0.340. The molecule has 6 rings (SSSR count). The van der Waals surface area contributed by atoms with Gasteiger partial charge < -0.3 is 13.9 Å². The molecule has 0 saturated heterocycles. The smallest absolute Gasteiger partial charge is 0.295 e. The standard InChI is InChI=1S/C31H21BrFNO5/c1-37-26-14-19(10-12-25(26)38-17-18-6-3-2-4-7-18)28-27-29(35)23-16-21(33)11-13-24(23)39-30(27)31(36)34(28)22-9-5-8-20(32)15-22/h2-16,28H,17H2,1H3. The summed E-state index contributed by atoms with van der Waals surface area (Å²) in [5.41, 5.74) is 1.97. The van der Waals surface area contributed by atoms with Crippen molar-refractivity contribution in [1.29, 1.82) is 0 Å². The Morgan fingerprint density at radius 1 is 0.923 bits per heavy atom. The highest BCUT2D eigenvalue weighted by Crippen LogP contribution is 2.43. The molecule has 1 aromatic heterocycles. The molecule has 1 unspecified atom stereocenters. The Labute approximate surface area is 231 Å². The first-order chi connectivity index (χ1) is 18.9. The van der Waals surface area contributed by atoms with Crippen LogP contribution >= 0.6 is 15.9 Å². The van der Waals surface area contributed by atoms with Crippen LogP contribution in [0.25, 0.3) is 11.0 Å². The summed E-state index contributed by atoms with van der Waals surface area (Å²) in [6.07, 6.45) is 0. The first kappa shape index (κ1) is 24.9. The molecule has 1 atom stereocenters. The molecule has 1 aliphatic rings. The number of benzene rings is 4. The average Bonchev–Trinajstić information content (AvgIpc) is 3.25. The lowest BCUT2D eigenvalue weighted by Gasteiger charge is -2.26. The number of halogens is 2. The van der Waals surface area contributed by atoms with Gasteiger partial charge in [-0.1, -0.05) is 58.4 Å². The maximum Gasteiger partial charge on any atom is 0.295 e. The molecule has 0 radical (unpaired) electrons. The molecular weight excluding hydrogens is 565 g/mol. The molecule has 0 aliphatic carbocycles. The van der Waals surface area contributed by atoms with Gasteiger partial charge in [-0.15, -0.1) is 0 Å². The molecule has 1 amide bonds. The summed E-state index contributed by atoms with van der Waals surface area (Å²) in [5.74, 6) is -0.167. The van der Waals surface area contributed by atoms with Crippen LogP contribution in [0.4, 0.5) is 10.1 Å². The highest BCUT2D eigenvalue weighted by molar-refractivity contribution is 9.10. The molecule has 194 valence electrons. The molecule has 0 saturated carbocycles. The van der Waals surface area contributed by atoms with Gasteiger partial charge in [0, 0.05) is 10.2 Å². The summed E-state index contributed by atoms with van der Waals surface area (Å²) < 4.78 is 32.4. The summed E-state index contributed by atoms with van der Waals surface area (Å²) in [7, 11) is 1.53. The molecule has 2 heterocycles. The number of ether oxygens (including phenoxy) is 2. The van der Waals surface area contributed by atoms with Crippen molar-refractivity contribution in [2.75, 3.05) is 12.0 Å². The number of hydrogen-bond acceptors (Lipinski definition) is 5. The summed E-state index contributed by atoms with van der Waals surface area (Å²) in [5, 5.41) is 0.0671. The van der Waals surface area contributed by atoms with E-state index in [1.807, 2.05) is 36.4 Å². The SMILES string of the molecule is COc1cc(C2c3c(oc4ccc(F)cc4c3=O)C(=O)N2c2cccc(Br)c2)ccc1OCc1ccccc1. The van der Waals surface area contributed by atoms with Gasteiger partial charge in [-0.2, -0.15) is 0 Å². The van der Waals surface area contributed by atoms with Crippen LogP contribution in [0.15, 0.2) is 105 Å². The zero-order valence-corrected chi connectivity index (χ0v) is 22.3. The molecule has 1 aliphatic heterocycles. The zero-order chi connectivity index (χ0) is 27.1. The van der Waals surface area contributed by atoms with Crippen molar-refractivity contribution in [3.63, 3.8) is 0 Å². The van der Waals surface area contributed by atoms with E-state index < -0.39 is 23.2 Å². The van der Waals surface area contributed by atoms with Crippen molar-refractivity contribution in [2.45, 2.75) is 12.6 Å². The van der Waals surface area contributed by atoms with Crippen LogP contribution in [0.1, 0.15) is 33.3 Å². The van der Waals surface area contributed by atoms with E-state index in [0.29, 0.717) is 29.4 Å². The first-order valence-corrected chi connectivity index (χ1v) is 12.9.